The maximum Gasteiger partial charge on any atom is 0.256 e. The molecule has 0 aromatic carbocycles. The number of rotatable bonds is 4. The highest BCUT2D eigenvalue weighted by Crippen LogP contribution is 1.91. The first kappa shape index (κ1) is 12.2. The summed E-state index contributed by atoms with van der Waals surface area (Å²) in [7, 11) is 0. The fourth-order valence-electron chi connectivity index (χ4n) is 1.18. The molecule has 1 heterocycles. The quantitative estimate of drug-likeness (QED) is 0.622. The lowest BCUT2D eigenvalue weighted by atomic mass is 10.2. The minimum atomic E-state index is -0.386. The number of aromatic nitrogens is 1. The fraction of sp³-hybridized carbons (Fsp3) is 0.273. The van der Waals surface area contributed by atoms with Crippen LogP contribution >= 0.6 is 0 Å². The molecule has 0 saturated heterocycles. The Kier molecular flexibility index (Phi) is 4.47. The monoisotopic (exact) mass is 221 g/mol. The molecule has 86 valence electrons. The molecular weight excluding hydrogens is 206 g/mol. The van der Waals surface area contributed by atoms with Gasteiger partial charge in [0, 0.05) is 31.0 Å². The maximum absolute atomic E-state index is 11.5. The molecule has 0 bridgehead atoms. The van der Waals surface area contributed by atoms with E-state index in [9.17, 15) is 9.59 Å². The molecule has 0 aliphatic rings. The number of nitrogens with two attached hydrogens (primary N) is 1. The molecule has 0 fully saturated rings. The summed E-state index contributed by atoms with van der Waals surface area (Å²) >= 11 is 0. The van der Waals surface area contributed by atoms with Crippen LogP contribution in [0.25, 0.3) is 0 Å². The van der Waals surface area contributed by atoms with Crippen LogP contribution in [-0.2, 0) is 0 Å². The molecule has 1 aromatic rings. The summed E-state index contributed by atoms with van der Waals surface area (Å²) in [6.45, 7) is 2.55. The van der Waals surface area contributed by atoms with Gasteiger partial charge in [0.2, 0.25) is 0 Å². The van der Waals surface area contributed by atoms with Crippen LogP contribution < -0.4 is 16.5 Å². The number of carbonyl (C=O) groups is 1. The summed E-state index contributed by atoms with van der Waals surface area (Å²) in [5, 5.41) is 2.59. The zero-order valence-electron chi connectivity index (χ0n) is 9.12. The Morgan fingerprint density at radius 2 is 2.31 bits per heavy atom. The van der Waals surface area contributed by atoms with E-state index in [1.54, 1.807) is 19.1 Å². The van der Waals surface area contributed by atoms with Gasteiger partial charge in [-0.15, -0.1) is 0 Å². The Morgan fingerprint density at radius 1 is 1.56 bits per heavy atom. The first-order chi connectivity index (χ1) is 7.65. The molecule has 0 saturated carbocycles. The van der Waals surface area contributed by atoms with Crippen molar-refractivity contribution in [2.45, 2.75) is 6.92 Å². The number of pyridine rings is 1. The van der Waals surface area contributed by atoms with Gasteiger partial charge in [0.25, 0.3) is 5.91 Å². The van der Waals surface area contributed by atoms with Crippen LogP contribution in [0.4, 0.5) is 0 Å². The molecule has 5 nitrogen and oxygen atoms in total. The number of aryl methyl sites for hydroxylation is 1. The summed E-state index contributed by atoms with van der Waals surface area (Å²) < 4.78 is 0. The van der Waals surface area contributed by atoms with Gasteiger partial charge < -0.3 is 16.0 Å². The van der Waals surface area contributed by atoms with E-state index in [1.165, 1.54) is 12.3 Å². The van der Waals surface area contributed by atoms with Crippen molar-refractivity contribution in [2.24, 2.45) is 5.73 Å². The molecule has 0 unspecified atom stereocenters. The highest BCUT2D eigenvalue weighted by atomic mass is 16.2. The van der Waals surface area contributed by atoms with Crippen LogP contribution in [0, 0.1) is 6.92 Å². The Labute approximate surface area is 93.4 Å². The number of carbonyl (C=O) groups excluding carboxylic acids is 1. The Hall–Kier alpha value is -1.88. The van der Waals surface area contributed by atoms with Gasteiger partial charge in [0.05, 0.1) is 0 Å². The molecule has 0 atom stereocenters. The third-order valence-electron chi connectivity index (χ3n) is 1.99. The largest absolute Gasteiger partial charge is 0.364 e. The van der Waals surface area contributed by atoms with Crippen LogP contribution in [0.1, 0.15) is 16.1 Å². The van der Waals surface area contributed by atoms with E-state index in [0.29, 0.717) is 13.1 Å². The second-order valence-electron chi connectivity index (χ2n) is 3.31. The molecule has 0 radical (unpaired) electrons. The average Bonchev–Trinajstić information content (AvgIpc) is 2.24. The van der Waals surface area contributed by atoms with Crippen molar-refractivity contribution in [1.82, 2.24) is 10.3 Å². The van der Waals surface area contributed by atoms with Crippen molar-refractivity contribution in [1.29, 1.82) is 0 Å². The van der Waals surface area contributed by atoms with Crippen molar-refractivity contribution in [3.05, 3.63) is 45.9 Å². The highest BCUT2D eigenvalue weighted by Gasteiger charge is 2.08. The lowest BCUT2D eigenvalue weighted by Crippen LogP contribution is -2.28. The van der Waals surface area contributed by atoms with Crippen molar-refractivity contribution in [3.8, 4) is 0 Å². The van der Waals surface area contributed by atoms with Crippen LogP contribution in [0.2, 0.25) is 0 Å². The number of hydrogen-bond donors (Lipinski definition) is 3. The van der Waals surface area contributed by atoms with Gasteiger partial charge >= 0.3 is 0 Å². The van der Waals surface area contributed by atoms with Crippen molar-refractivity contribution in [2.75, 3.05) is 13.1 Å². The van der Waals surface area contributed by atoms with Crippen molar-refractivity contribution >= 4 is 5.91 Å². The molecule has 5 heteroatoms. The average molecular weight is 221 g/mol. The third-order valence-corrected chi connectivity index (χ3v) is 1.99. The summed E-state index contributed by atoms with van der Waals surface area (Å²) in [6.07, 6.45) is 4.89. The number of aromatic amines is 1. The predicted octanol–water partition coefficient (Wildman–Crippen LogP) is -0.0720. The Morgan fingerprint density at radius 3 is 2.94 bits per heavy atom. The fourth-order valence-corrected chi connectivity index (χ4v) is 1.18. The van der Waals surface area contributed by atoms with Gasteiger partial charge in [0.1, 0.15) is 5.56 Å². The van der Waals surface area contributed by atoms with Gasteiger partial charge in [-0.25, -0.2) is 0 Å². The zero-order valence-corrected chi connectivity index (χ0v) is 9.12. The lowest BCUT2D eigenvalue weighted by molar-refractivity contribution is 0.0956. The third kappa shape index (κ3) is 3.36. The van der Waals surface area contributed by atoms with Crippen LogP contribution in [-0.4, -0.2) is 24.0 Å². The van der Waals surface area contributed by atoms with E-state index >= 15 is 0 Å². The summed E-state index contributed by atoms with van der Waals surface area (Å²) in [5.41, 5.74) is 5.81. The smallest absolute Gasteiger partial charge is 0.256 e. The minimum absolute atomic E-state index is 0.117. The van der Waals surface area contributed by atoms with E-state index < -0.39 is 0 Å². The Balaban J connectivity index is 2.66. The van der Waals surface area contributed by atoms with Gasteiger partial charge in [-0.05, 0) is 6.92 Å². The first-order valence-corrected chi connectivity index (χ1v) is 4.97. The van der Waals surface area contributed by atoms with Gasteiger partial charge in [0.15, 0.2) is 5.43 Å². The maximum atomic E-state index is 11.5. The first-order valence-electron chi connectivity index (χ1n) is 4.97. The van der Waals surface area contributed by atoms with E-state index in [2.05, 4.69) is 10.3 Å². The van der Waals surface area contributed by atoms with E-state index in [4.69, 9.17) is 5.73 Å². The molecule has 16 heavy (non-hydrogen) atoms. The SMILES string of the molecule is Cc1cc(=O)c(C(=O)NC/C=C/CN)c[nH]1. The van der Waals surface area contributed by atoms with Crippen molar-refractivity contribution in [3.63, 3.8) is 0 Å². The van der Waals surface area contributed by atoms with Crippen LogP contribution in [0.5, 0.6) is 0 Å². The number of hydrogen-bond acceptors (Lipinski definition) is 3. The van der Waals surface area contributed by atoms with Crippen LogP contribution in [0.15, 0.2) is 29.2 Å². The molecule has 0 aliphatic heterocycles. The number of amides is 1. The second kappa shape index (κ2) is 5.87. The normalized spacial score (nSPS) is 10.6. The van der Waals surface area contributed by atoms with E-state index in [1.807, 2.05) is 0 Å². The standard InChI is InChI=1S/C11H15N3O2/c1-8-6-10(15)9(7-14-8)11(16)13-5-3-2-4-12/h2-3,6-7H,4-5,12H2,1H3,(H,13,16)(H,14,15)/b3-2+. The molecule has 0 aliphatic carbocycles. The minimum Gasteiger partial charge on any atom is -0.364 e. The highest BCUT2D eigenvalue weighted by molar-refractivity contribution is 5.93. The zero-order chi connectivity index (χ0) is 12.0. The van der Waals surface area contributed by atoms with Gasteiger partial charge in [-0.3, -0.25) is 9.59 Å². The molecular formula is C11H15N3O2. The molecule has 1 rings (SSSR count). The molecule has 1 aromatic heterocycles. The number of H-pyrrole nitrogens is 1. The van der Waals surface area contributed by atoms with Crippen LogP contribution in [0.3, 0.4) is 0 Å². The van der Waals surface area contributed by atoms with Crippen molar-refractivity contribution < 1.29 is 4.79 Å². The topological polar surface area (TPSA) is 88.0 Å². The Bertz CT molecular complexity index is 449. The lowest BCUT2D eigenvalue weighted by Gasteiger charge is -2.01. The van der Waals surface area contributed by atoms with Gasteiger partial charge in [-0.2, -0.15) is 0 Å². The summed E-state index contributed by atoms with van der Waals surface area (Å²) in [6, 6.07) is 1.39. The second-order valence-corrected chi connectivity index (χ2v) is 3.31. The molecule has 0 spiro atoms. The number of nitrogens with one attached hydrogen (secondary N) is 2. The predicted molar refractivity (Wildman–Crippen MR) is 62.3 cm³/mol. The summed E-state index contributed by atoms with van der Waals surface area (Å²) in [4.78, 5) is 25.8. The van der Waals surface area contributed by atoms with Gasteiger partial charge in [-0.1, -0.05) is 12.2 Å². The molecule has 1 amide bonds. The molecule has 4 N–H and O–H groups in total. The van der Waals surface area contributed by atoms with E-state index in [0.717, 1.165) is 5.69 Å². The van der Waals surface area contributed by atoms with E-state index in [-0.39, 0.29) is 16.9 Å². The summed E-state index contributed by atoms with van der Waals surface area (Å²) in [5.74, 6) is -0.386.